The molecule has 7 nitrogen and oxygen atoms in total. The molecule has 210 valence electrons. The number of fused-ring (bicyclic) bond motifs is 2. The number of nitrogens with zero attached hydrogens (tertiary/aromatic N) is 3. The molecule has 4 N–H and O–H groups in total. The lowest BCUT2D eigenvalue weighted by Crippen LogP contribution is -2.35. The van der Waals surface area contributed by atoms with Crippen LogP contribution in [0, 0.1) is 5.82 Å². The number of halogens is 4. The number of rotatable bonds is 8. The van der Waals surface area contributed by atoms with Crippen molar-refractivity contribution in [2.24, 2.45) is 0 Å². The van der Waals surface area contributed by atoms with E-state index in [-0.39, 0.29) is 40.1 Å². The number of aromatic amines is 1. The van der Waals surface area contributed by atoms with E-state index in [2.05, 4.69) is 38.9 Å². The van der Waals surface area contributed by atoms with E-state index in [1.807, 2.05) is 0 Å². The van der Waals surface area contributed by atoms with Crippen LogP contribution in [0.5, 0.6) is 0 Å². The summed E-state index contributed by atoms with van der Waals surface area (Å²) < 4.78 is 57.9. The summed E-state index contributed by atoms with van der Waals surface area (Å²) in [5.74, 6) is -0.317. The summed E-state index contributed by atoms with van der Waals surface area (Å²) >= 11 is 0. The third-order valence-corrected chi connectivity index (χ3v) is 7.09. The predicted molar refractivity (Wildman–Crippen MR) is 148 cm³/mol. The Hall–Kier alpha value is -3.96. The number of likely N-dealkylation sites (N-methyl/N-ethyl adjacent to an activating group) is 1. The molecule has 0 bridgehead atoms. The molecule has 0 spiro atoms. The van der Waals surface area contributed by atoms with Gasteiger partial charge in [0.2, 0.25) is 0 Å². The second-order valence-corrected chi connectivity index (χ2v) is 10.0. The van der Waals surface area contributed by atoms with Crippen LogP contribution < -0.4 is 10.6 Å². The largest absolute Gasteiger partial charge is 0.435 e. The Labute approximate surface area is 228 Å². The maximum Gasteiger partial charge on any atom is 0.435 e. The third kappa shape index (κ3) is 5.52. The number of aliphatic hydroxyl groups is 1. The highest BCUT2D eigenvalue weighted by Crippen LogP contribution is 2.40. The number of benzene rings is 2. The van der Waals surface area contributed by atoms with E-state index in [0.29, 0.717) is 41.7 Å². The lowest BCUT2D eigenvalue weighted by atomic mass is 9.92. The molecular weight excluding hydrogens is 524 g/mol. The number of H-pyrrole nitrogens is 1. The van der Waals surface area contributed by atoms with Crippen molar-refractivity contribution >= 4 is 27.6 Å². The molecule has 0 atom stereocenters. The smallest absolute Gasteiger partial charge is 0.393 e. The fourth-order valence-electron chi connectivity index (χ4n) is 5.12. The number of aliphatic hydroxyl groups excluding tert-OH is 1. The lowest BCUT2D eigenvalue weighted by Gasteiger charge is -2.29. The average molecular weight is 555 g/mol. The van der Waals surface area contributed by atoms with Crippen LogP contribution in [0.4, 0.5) is 17.6 Å². The van der Waals surface area contributed by atoms with Gasteiger partial charge in [-0.15, -0.1) is 0 Å². The molecule has 40 heavy (non-hydrogen) atoms. The number of aromatic nitrogens is 4. The van der Waals surface area contributed by atoms with Crippen LogP contribution in [0.3, 0.4) is 0 Å². The van der Waals surface area contributed by atoms with Crippen LogP contribution >= 0.6 is 0 Å². The Morgan fingerprint density at radius 1 is 1.18 bits per heavy atom. The van der Waals surface area contributed by atoms with E-state index in [4.69, 9.17) is 0 Å². The molecule has 1 fully saturated rings. The van der Waals surface area contributed by atoms with Crippen molar-refractivity contribution in [3.63, 3.8) is 0 Å². The van der Waals surface area contributed by atoms with Crippen LogP contribution in [-0.2, 0) is 6.18 Å². The fraction of sp³-hybridized carbons (Fsp3) is 0.310. The van der Waals surface area contributed by atoms with Gasteiger partial charge in [-0.25, -0.2) is 14.1 Å². The molecule has 0 unspecified atom stereocenters. The van der Waals surface area contributed by atoms with Gasteiger partial charge in [-0.3, -0.25) is 0 Å². The maximum absolute atomic E-state index is 14.3. The summed E-state index contributed by atoms with van der Waals surface area (Å²) in [7, 11) is 1.78. The minimum absolute atomic E-state index is 0.0840. The van der Waals surface area contributed by atoms with E-state index in [1.54, 1.807) is 25.3 Å². The third-order valence-electron chi connectivity index (χ3n) is 7.09. The molecule has 1 aliphatic carbocycles. The Morgan fingerprint density at radius 3 is 2.62 bits per heavy atom. The van der Waals surface area contributed by atoms with Gasteiger partial charge in [0.1, 0.15) is 11.6 Å². The molecule has 2 aromatic heterocycles. The molecular formula is C29H30F4N6O. The Morgan fingerprint density at radius 2 is 1.93 bits per heavy atom. The zero-order valence-corrected chi connectivity index (χ0v) is 21.9. The standard InChI is InChI=1S/C29H30F4N6O/c1-16(15-34-3)23(35-19-8-10-20(40)11-9-19)13-17(2)39-25-6-4-5-21(26(25)27(38-39)29(31,32)33)28-36-22-12-7-18(30)14-24(22)37-28/h4-7,12-14,19-20,34-35,40H,1-2,8-11,15H2,3H3,(H,36,37)/b23-13+. The van der Waals surface area contributed by atoms with Crippen LogP contribution in [-0.4, -0.2) is 50.6 Å². The van der Waals surface area contributed by atoms with Crippen LogP contribution in [0.15, 0.2) is 66.9 Å². The van der Waals surface area contributed by atoms with E-state index < -0.39 is 17.7 Å². The minimum Gasteiger partial charge on any atom is -0.393 e. The normalized spacial score (nSPS) is 18.4. The predicted octanol–water partition coefficient (Wildman–Crippen LogP) is 5.76. The first-order chi connectivity index (χ1) is 19.0. The molecule has 5 rings (SSSR count). The van der Waals surface area contributed by atoms with Gasteiger partial charge in [0.25, 0.3) is 0 Å². The van der Waals surface area contributed by atoms with Crippen LogP contribution in [0.1, 0.15) is 31.4 Å². The quantitative estimate of drug-likeness (QED) is 0.164. The molecule has 1 saturated carbocycles. The maximum atomic E-state index is 14.3. The summed E-state index contributed by atoms with van der Waals surface area (Å²) in [6.07, 6.45) is -0.593. The number of alkyl halides is 3. The van der Waals surface area contributed by atoms with Crippen molar-refractivity contribution in [3.8, 4) is 11.4 Å². The number of allylic oxidation sites excluding steroid dienone is 2. The van der Waals surface area contributed by atoms with Crippen molar-refractivity contribution in [1.29, 1.82) is 0 Å². The highest BCUT2D eigenvalue weighted by atomic mass is 19.4. The van der Waals surface area contributed by atoms with Crippen molar-refractivity contribution in [2.45, 2.75) is 44.0 Å². The first-order valence-electron chi connectivity index (χ1n) is 13.0. The summed E-state index contributed by atoms with van der Waals surface area (Å²) in [4.78, 5) is 7.34. The van der Waals surface area contributed by atoms with Gasteiger partial charge in [0.05, 0.1) is 28.4 Å². The number of nitrogens with one attached hydrogen (secondary N) is 3. The van der Waals surface area contributed by atoms with Gasteiger partial charge in [0.15, 0.2) is 5.69 Å². The Kier molecular flexibility index (Phi) is 7.52. The number of hydrogen-bond acceptors (Lipinski definition) is 5. The topological polar surface area (TPSA) is 90.8 Å². The van der Waals surface area contributed by atoms with Crippen LogP contribution in [0.25, 0.3) is 39.0 Å². The highest BCUT2D eigenvalue weighted by Gasteiger charge is 2.38. The van der Waals surface area contributed by atoms with Gasteiger partial charge in [0, 0.05) is 29.2 Å². The second-order valence-electron chi connectivity index (χ2n) is 10.0. The average Bonchev–Trinajstić information content (AvgIpc) is 3.51. The fourth-order valence-corrected chi connectivity index (χ4v) is 5.12. The van der Waals surface area contributed by atoms with Gasteiger partial charge in [-0.05, 0) is 68.6 Å². The molecule has 2 aromatic carbocycles. The number of hydrogen-bond donors (Lipinski definition) is 4. The molecule has 4 aromatic rings. The van der Waals surface area contributed by atoms with Crippen molar-refractivity contribution in [1.82, 2.24) is 30.4 Å². The van der Waals surface area contributed by atoms with Crippen LogP contribution in [0.2, 0.25) is 0 Å². The first kappa shape index (κ1) is 27.6. The van der Waals surface area contributed by atoms with Gasteiger partial charge in [-0.2, -0.15) is 18.3 Å². The number of imidazole rings is 1. The molecule has 0 saturated heterocycles. The van der Waals surface area contributed by atoms with Gasteiger partial charge < -0.3 is 20.7 Å². The monoisotopic (exact) mass is 554 g/mol. The second kappa shape index (κ2) is 10.9. The molecule has 2 heterocycles. The van der Waals surface area contributed by atoms with Crippen molar-refractivity contribution < 1.29 is 22.7 Å². The molecule has 0 aliphatic heterocycles. The summed E-state index contributed by atoms with van der Waals surface area (Å²) in [6.45, 7) is 8.63. The molecule has 0 amide bonds. The zero-order valence-electron chi connectivity index (χ0n) is 21.9. The Bertz CT molecular complexity index is 1610. The molecule has 11 heteroatoms. The summed E-state index contributed by atoms with van der Waals surface area (Å²) in [5, 5.41) is 20.2. The lowest BCUT2D eigenvalue weighted by molar-refractivity contribution is -0.140. The van der Waals surface area contributed by atoms with E-state index >= 15 is 0 Å². The zero-order chi connectivity index (χ0) is 28.6. The molecule has 1 aliphatic rings. The highest BCUT2D eigenvalue weighted by molar-refractivity contribution is 5.98. The summed E-state index contributed by atoms with van der Waals surface area (Å²) in [6, 6.07) is 8.72. The minimum atomic E-state index is -4.76. The van der Waals surface area contributed by atoms with Gasteiger partial charge in [-0.1, -0.05) is 25.3 Å². The first-order valence-corrected chi connectivity index (χ1v) is 13.0. The Balaban J connectivity index is 1.60. The van der Waals surface area contributed by atoms with E-state index in [9.17, 15) is 22.7 Å². The molecule has 0 radical (unpaired) electrons. The van der Waals surface area contributed by atoms with E-state index in [0.717, 1.165) is 12.8 Å². The van der Waals surface area contributed by atoms with E-state index in [1.165, 1.54) is 28.9 Å². The van der Waals surface area contributed by atoms with Crippen molar-refractivity contribution in [3.05, 3.63) is 78.4 Å². The SMILES string of the molecule is C=C(CNC)/C(=C\C(=C)n1nc(C(F)(F)F)c2c(-c3nc4ccc(F)cc4[nH]3)cccc21)NC1CCC(O)CC1. The van der Waals surface area contributed by atoms with Gasteiger partial charge >= 0.3 is 6.18 Å². The summed E-state index contributed by atoms with van der Waals surface area (Å²) in [5.41, 5.74) is 1.64. The van der Waals surface area contributed by atoms with Crippen molar-refractivity contribution in [2.75, 3.05) is 13.6 Å².